The molecule has 0 amide bonds. The van der Waals surface area contributed by atoms with Gasteiger partial charge in [0.05, 0.1) is 6.04 Å². The standard InChI is InChI=1S/C18H23N3/c1-14-12-17(21-10-6-3-7-11-21)20-13-16(14)18(19)15-8-4-2-5-9-15/h2,4-5,8-9,12-13,18H,3,6-7,10-11,19H2,1H3/t18-/m1/s1. The van der Waals surface area contributed by atoms with Gasteiger partial charge in [0.1, 0.15) is 5.82 Å². The number of benzene rings is 1. The first-order valence-corrected chi connectivity index (χ1v) is 7.78. The minimum Gasteiger partial charge on any atom is -0.357 e. The lowest BCUT2D eigenvalue weighted by molar-refractivity contribution is 0.573. The predicted molar refractivity (Wildman–Crippen MR) is 87.5 cm³/mol. The van der Waals surface area contributed by atoms with Crippen molar-refractivity contribution in [2.45, 2.75) is 32.2 Å². The number of rotatable bonds is 3. The van der Waals surface area contributed by atoms with Crippen molar-refractivity contribution in [1.82, 2.24) is 4.98 Å². The zero-order valence-electron chi connectivity index (χ0n) is 12.6. The fourth-order valence-corrected chi connectivity index (χ4v) is 3.01. The number of aromatic nitrogens is 1. The van der Waals surface area contributed by atoms with Crippen molar-refractivity contribution < 1.29 is 0 Å². The van der Waals surface area contributed by atoms with Gasteiger partial charge >= 0.3 is 0 Å². The summed E-state index contributed by atoms with van der Waals surface area (Å²) in [4.78, 5) is 7.04. The maximum absolute atomic E-state index is 6.39. The molecule has 0 unspecified atom stereocenters. The van der Waals surface area contributed by atoms with Crippen LogP contribution in [0.25, 0.3) is 0 Å². The molecule has 0 spiro atoms. The number of aryl methyl sites for hydroxylation is 1. The molecule has 1 aliphatic rings. The van der Waals surface area contributed by atoms with Gasteiger partial charge in [-0.05, 0) is 48.9 Å². The third kappa shape index (κ3) is 3.08. The number of nitrogens with two attached hydrogens (primary N) is 1. The second-order valence-corrected chi connectivity index (χ2v) is 5.84. The molecule has 0 aliphatic carbocycles. The van der Waals surface area contributed by atoms with E-state index < -0.39 is 0 Å². The molecule has 0 saturated carbocycles. The van der Waals surface area contributed by atoms with Gasteiger partial charge in [0.15, 0.2) is 0 Å². The zero-order chi connectivity index (χ0) is 14.7. The topological polar surface area (TPSA) is 42.2 Å². The van der Waals surface area contributed by atoms with Crippen LogP contribution in [0.1, 0.15) is 42.0 Å². The summed E-state index contributed by atoms with van der Waals surface area (Å²) in [5, 5.41) is 0. The van der Waals surface area contributed by atoms with Gasteiger partial charge < -0.3 is 10.6 Å². The highest BCUT2D eigenvalue weighted by molar-refractivity contribution is 5.46. The molecule has 0 bridgehead atoms. The molecule has 2 heterocycles. The van der Waals surface area contributed by atoms with Crippen LogP contribution in [0.2, 0.25) is 0 Å². The average molecular weight is 281 g/mol. The van der Waals surface area contributed by atoms with E-state index in [9.17, 15) is 0 Å². The van der Waals surface area contributed by atoms with Crippen LogP contribution < -0.4 is 10.6 Å². The lowest BCUT2D eigenvalue weighted by Crippen LogP contribution is -2.30. The van der Waals surface area contributed by atoms with Gasteiger partial charge in [-0.25, -0.2) is 4.98 Å². The Morgan fingerprint density at radius 1 is 1.10 bits per heavy atom. The Labute approximate surface area is 126 Å². The van der Waals surface area contributed by atoms with Gasteiger partial charge in [0.2, 0.25) is 0 Å². The number of pyridine rings is 1. The Bertz CT molecular complexity index is 589. The minimum atomic E-state index is -0.103. The molecule has 1 saturated heterocycles. The summed E-state index contributed by atoms with van der Waals surface area (Å²) in [5.41, 5.74) is 9.86. The summed E-state index contributed by atoms with van der Waals surface area (Å²) in [7, 11) is 0. The Kier molecular flexibility index (Phi) is 4.20. The van der Waals surface area contributed by atoms with E-state index in [1.807, 2.05) is 24.4 Å². The number of nitrogens with zero attached hydrogens (tertiary/aromatic N) is 2. The molecular formula is C18H23N3. The first-order chi connectivity index (χ1) is 10.3. The number of anilines is 1. The van der Waals surface area contributed by atoms with E-state index in [1.165, 1.54) is 24.8 Å². The predicted octanol–water partition coefficient (Wildman–Crippen LogP) is 3.43. The van der Waals surface area contributed by atoms with E-state index in [0.717, 1.165) is 30.0 Å². The molecule has 3 rings (SSSR count). The Morgan fingerprint density at radius 3 is 2.48 bits per heavy atom. The van der Waals surface area contributed by atoms with Crippen LogP contribution in [0.5, 0.6) is 0 Å². The second kappa shape index (κ2) is 6.27. The number of piperidine rings is 1. The van der Waals surface area contributed by atoms with E-state index in [-0.39, 0.29) is 6.04 Å². The van der Waals surface area contributed by atoms with Crippen LogP contribution in [-0.4, -0.2) is 18.1 Å². The molecule has 2 aromatic rings. The molecule has 1 fully saturated rings. The number of hydrogen-bond acceptors (Lipinski definition) is 3. The fraction of sp³-hybridized carbons (Fsp3) is 0.389. The molecule has 110 valence electrons. The maximum atomic E-state index is 6.39. The second-order valence-electron chi connectivity index (χ2n) is 5.84. The van der Waals surface area contributed by atoms with Crippen molar-refractivity contribution in [3.05, 3.63) is 59.3 Å². The van der Waals surface area contributed by atoms with Crippen LogP contribution in [0, 0.1) is 6.92 Å². The van der Waals surface area contributed by atoms with Crippen LogP contribution in [0.4, 0.5) is 5.82 Å². The summed E-state index contributed by atoms with van der Waals surface area (Å²) >= 11 is 0. The molecular weight excluding hydrogens is 258 g/mol. The Morgan fingerprint density at radius 2 is 1.81 bits per heavy atom. The summed E-state index contributed by atoms with van der Waals surface area (Å²) in [5.74, 6) is 1.09. The lowest BCUT2D eigenvalue weighted by atomic mass is 9.97. The first-order valence-electron chi connectivity index (χ1n) is 7.78. The van der Waals surface area contributed by atoms with E-state index in [1.54, 1.807) is 0 Å². The van der Waals surface area contributed by atoms with Crippen molar-refractivity contribution in [2.24, 2.45) is 5.73 Å². The Hall–Kier alpha value is -1.87. The van der Waals surface area contributed by atoms with Crippen molar-refractivity contribution >= 4 is 5.82 Å². The summed E-state index contributed by atoms with van der Waals surface area (Å²) in [6.07, 6.45) is 5.83. The van der Waals surface area contributed by atoms with Gasteiger partial charge in [-0.3, -0.25) is 0 Å². The average Bonchev–Trinajstić information content (AvgIpc) is 2.56. The summed E-state index contributed by atoms with van der Waals surface area (Å²) in [6, 6.07) is 12.3. The molecule has 2 N–H and O–H groups in total. The highest BCUT2D eigenvalue weighted by Crippen LogP contribution is 2.25. The van der Waals surface area contributed by atoms with Gasteiger partial charge in [-0.1, -0.05) is 30.3 Å². The zero-order valence-corrected chi connectivity index (χ0v) is 12.6. The van der Waals surface area contributed by atoms with Crippen LogP contribution in [-0.2, 0) is 0 Å². The number of hydrogen-bond donors (Lipinski definition) is 1. The van der Waals surface area contributed by atoms with Crippen LogP contribution in [0.3, 0.4) is 0 Å². The lowest BCUT2D eigenvalue weighted by Gasteiger charge is -2.28. The van der Waals surface area contributed by atoms with Crippen LogP contribution in [0.15, 0.2) is 42.6 Å². The van der Waals surface area contributed by atoms with Crippen molar-refractivity contribution in [3.8, 4) is 0 Å². The van der Waals surface area contributed by atoms with E-state index in [4.69, 9.17) is 5.73 Å². The Balaban J connectivity index is 1.84. The third-order valence-electron chi connectivity index (χ3n) is 4.31. The van der Waals surface area contributed by atoms with Crippen molar-refractivity contribution in [1.29, 1.82) is 0 Å². The molecule has 0 radical (unpaired) electrons. The van der Waals surface area contributed by atoms with Crippen molar-refractivity contribution in [2.75, 3.05) is 18.0 Å². The molecule has 1 aliphatic heterocycles. The minimum absolute atomic E-state index is 0.103. The van der Waals surface area contributed by atoms with E-state index in [2.05, 4.69) is 35.0 Å². The fourth-order valence-electron chi connectivity index (χ4n) is 3.01. The monoisotopic (exact) mass is 281 g/mol. The van der Waals surface area contributed by atoms with Gasteiger partial charge in [0.25, 0.3) is 0 Å². The smallest absolute Gasteiger partial charge is 0.128 e. The van der Waals surface area contributed by atoms with Gasteiger partial charge in [-0.15, -0.1) is 0 Å². The summed E-state index contributed by atoms with van der Waals surface area (Å²) in [6.45, 7) is 4.38. The van der Waals surface area contributed by atoms with Crippen molar-refractivity contribution in [3.63, 3.8) is 0 Å². The molecule has 3 nitrogen and oxygen atoms in total. The SMILES string of the molecule is Cc1cc(N2CCCCC2)ncc1[C@H](N)c1ccccc1. The highest BCUT2D eigenvalue weighted by atomic mass is 15.2. The first kappa shape index (κ1) is 14.1. The molecule has 1 aromatic carbocycles. The molecule has 1 atom stereocenters. The third-order valence-corrected chi connectivity index (χ3v) is 4.31. The highest BCUT2D eigenvalue weighted by Gasteiger charge is 2.16. The van der Waals surface area contributed by atoms with Gasteiger partial charge in [0, 0.05) is 19.3 Å². The maximum Gasteiger partial charge on any atom is 0.128 e. The molecule has 21 heavy (non-hydrogen) atoms. The normalized spacial score (nSPS) is 16.8. The van der Waals surface area contributed by atoms with Gasteiger partial charge in [-0.2, -0.15) is 0 Å². The molecule has 1 aromatic heterocycles. The summed E-state index contributed by atoms with van der Waals surface area (Å²) < 4.78 is 0. The van der Waals surface area contributed by atoms with E-state index >= 15 is 0 Å². The van der Waals surface area contributed by atoms with E-state index in [0.29, 0.717) is 0 Å². The van der Waals surface area contributed by atoms with Crippen LogP contribution >= 0.6 is 0 Å². The molecule has 3 heteroatoms. The quantitative estimate of drug-likeness (QED) is 0.937. The largest absolute Gasteiger partial charge is 0.357 e.